The van der Waals surface area contributed by atoms with E-state index in [1.165, 1.54) is 0 Å². The molecule has 7 nitrogen and oxygen atoms in total. The molecule has 0 bridgehead atoms. The van der Waals surface area contributed by atoms with Crippen LogP contribution in [0.25, 0.3) is 11.5 Å². The molecule has 26 heavy (non-hydrogen) atoms. The van der Waals surface area contributed by atoms with Crippen molar-refractivity contribution in [2.45, 2.75) is 18.8 Å². The molecule has 1 aliphatic rings. The van der Waals surface area contributed by atoms with Crippen molar-refractivity contribution < 1.29 is 4.79 Å². The molecule has 0 radical (unpaired) electrons. The number of amides is 1. The number of likely N-dealkylation sites (tertiary alicyclic amines) is 1. The Morgan fingerprint density at radius 3 is 2.42 bits per heavy atom. The van der Waals surface area contributed by atoms with Crippen LogP contribution >= 0.6 is 0 Å². The number of imidazole rings is 1. The Bertz CT molecular complexity index is 882. The first-order valence-corrected chi connectivity index (χ1v) is 8.72. The highest BCUT2D eigenvalue weighted by Gasteiger charge is 2.26. The molecule has 0 unspecified atom stereocenters. The summed E-state index contributed by atoms with van der Waals surface area (Å²) in [5.41, 5.74) is 1.21. The monoisotopic (exact) mass is 348 g/mol. The van der Waals surface area contributed by atoms with Gasteiger partial charge in [-0.2, -0.15) is 0 Å². The van der Waals surface area contributed by atoms with Gasteiger partial charge < -0.3 is 9.47 Å². The number of pyridine rings is 1. The van der Waals surface area contributed by atoms with Crippen molar-refractivity contribution in [3.8, 4) is 11.5 Å². The van der Waals surface area contributed by atoms with Crippen LogP contribution in [0.3, 0.4) is 0 Å². The zero-order valence-corrected chi connectivity index (χ0v) is 14.6. The lowest BCUT2D eigenvalue weighted by molar-refractivity contribution is 0.0709. The van der Waals surface area contributed by atoms with Crippen molar-refractivity contribution in [1.82, 2.24) is 29.4 Å². The van der Waals surface area contributed by atoms with Crippen LogP contribution in [0.15, 0.2) is 49.2 Å². The summed E-state index contributed by atoms with van der Waals surface area (Å²) in [6.07, 6.45) is 10.5. The maximum atomic E-state index is 12.7. The van der Waals surface area contributed by atoms with Crippen molar-refractivity contribution in [3.63, 3.8) is 0 Å². The van der Waals surface area contributed by atoms with Gasteiger partial charge in [-0.1, -0.05) is 6.07 Å². The quantitative estimate of drug-likeness (QED) is 0.726. The van der Waals surface area contributed by atoms with Gasteiger partial charge in [-0.05, 0) is 25.0 Å². The zero-order chi connectivity index (χ0) is 17.9. The number of hydrogen-bond acceptors (Lipinski definition) is 5. The lowest BCUT2D eigenvalue weighted by atomic mass is 9.95. The maximum Gasteiger partial charge on any atom is 0.256 e. The van der Waals surface area contributed by atoms with E-state index >= 15 is 0 Å². The van der Waals surface area contributed by atoms with Crippen LogP contribution in [0, 0.1) is 0 Å². The molecule has 1 amide bonds. The fourth-order valence-electron chi connectivity index (χ4n) is 3.36. The minimum absolute atomic E-state index is 0.0177. The second-order valence-electron chi connectivity index (χ2n) is 6.47. The third kappa shape index (κ3) is 3.20. The van der Waals surface area contributed by atoms with E-state index in [-0.39, 0.29) is 5.91 Å². The third-order valence-electron chi connectivity index (χ3n) is 4.80. The van der Waals surface area contributed by atoms with Crippen LogP contribution < -0.4 is 0 Å². The number of aromatic nitrogens is 5. The first kappa shape index (κ1) is 16.4. The number of rotatable bonds is 3. The molecule has 0 spiro atoms. The van der Waals surface area contributed by atoms with Crippen LogP contribution in [0.4, 0.5) is 0 Å². The van der Waals surface area contributed by atoms with E-state index in [0.717, 1.165) is 31.8 Å². The Hall–Kier alpha value is -3.09. The molecule has 0 N–H and O–H groups in total. The van der Waals surface area contributed by atoms with E-state index in [2.05, 4.69) is 24.5 Å². The predicted octanol–water partition coefficient (Wildman–Crippen LogP) is 2.29. The number of carbonyl (C=O) groups is 1. The fourth-order valence-corrected chi connectivity index (χ4v) is 3.36. The predicted molar refractivity (Wildman–Crippen MR) is 96.3 cm³/mol. The molecule has 132 valence electrons. The topological polar surface area (TPSA) is 76.8 Å². The summed E-state index contributed by atoms with van der Waals surface area (Å²) in [5, 5.41) is 0. The molecule has 0 saturated carbocycles. The van der Waals surface area contributed by atoms with E-state index in [4.69, 9.17) is 0 Å². The van der Waals surface area contributed by atoms with Gasteiger partial charge in [0.25, 0.3) is 5.91 Å². The molecule has 4 heterocycles. The highest BCUT2D eigenvalue weighted by Crippen LogP contribution is 2.27. The van der Waals surface area contributed by atoms with Gasteiger partial charge in [-0.25, -0.2) is 15.0 Å². The summed E-state index contributed by atoms with van der Waals surface area (Å²) in [7, 11) is 2.01. The number of hydrogen-bond donors (Lipinski definition) is 0. The lowest BCUT2D eigenvalue weighted by Crippen LogP contribution is -2.38. The summed E-state index contributed by atoms with van der Waals surface area (Å²) < 4.78 is 2.06. The summed E-state index contributed by atoms with van der Waals surface area (Å²) in [4.78, 5) is 31.9. The van der Waals surface area contributed by atoms with Crippen molar-refractivity contribution in [2.75, 3.05) is 13.1 Å². The van der Waals surface area contributed by atoms with Crippen LogP contribution in [0.5, 0.6) is 0 Å². The Morgan fingerprint density at radius 1 is 1.04 bits per heavy atom. The van der Waals surface area contributed by atoms with Gasteiger partial charge in [0, 0.05) is 57.0 Å². The van der Waals surface area contributed by atoms with E-state index in [1.54, 1.807) is 18.6 Å². The summed E-state index contributed by atoms with van der Waals surface area (Å²) >= 11 is 0. The molecule has 1 fully saturated rings. The third-order valence-corrected chi connectivity index (χ3v) is 4.80. The molecule has 7 heteroatoms. The molecular formula is C19H20N6O. The normalized spacial score (nSPS) is 15.2. The minimum atomic E-state index is -0.0177. The first-order chi connectivity index (χ1) is 12.7. The van der Waals surface area contributed by atoms with Crippen molar-refractivity contribution in [1.29, 1.82) is 0 Å². The molecule has 0 aliphatic carbocycles. The molecule has 3 aromatic rings. The molecular weight excluding hydrogens is 328 g/mol. The highest BCUT2D eigenvalue weighted by atomic mass is 16.2. The summed E-state index contributed by atoms with van der Waals surface area (Å²) in [5.74, 6) is 2.01. The largest absolute Gasteiger partial charge is 0.339 e. The van der Waals surface area contributed by atoms with Gasteiger partial charge in [0.2, 0.25) is 0 Å². The van der Waals surface area contributed by atoms with Gasteiger partial charge >= 0.3 is 0 Å². The van der Waals surface area contributed by atoms with Crippen LogP contribution in [0.2, 0.25) is 0 Å². The van der Waals surface area contributed by atoms with Crippen LogP contribution in [0.1, 0.15) is 34.9 Å². The van der Waals surface area contributed by atoms with Gasteiger partial charge in [0.05, 0.1) is 5.56 Å². The van der Waals surface area contributed by atoms with Gasteiger partial charge in [-0.3, -0.25) is 9.78 Å². The van der Waals surface area contributed by atoms with E-state index in [0.29, 0.717) is 23.0 Å². The Kier molecular flexibility index (Phi) is 4.43. The minimum Gasteiger partial charge on any atom is -0.339 e. The Morgan fingerprint density at radius 2 is 1.81 bits per heavy atom. The molecule has 1 aliphatic heterocycles. The maximum absolute atomic E-state index is 12.7. The number of carbonyl (C=O) groups excluding carboxylic acids is 1. The zero-order valence-electron chi connectivity index (χ0n) is 14.6. The van der Waals surface area contributed by atoms with Crippen molar-refractivity contribution >= 4 is 5.91 Å². The van der Waals surface area contributed by atoms with Crippen molar-refractivity contribution in [2.24, 2.45) is 7.05 Å². The molecule has 0 aromatic carbocycles. The Balaban J connectivity index is 1.41. The lowest BCUT2D eigenvalue weighted by Gasteiger charge is -2.31. The summed E-state index contributed by atoms with van der Waals surface area (Å²) in [6, 6.07) is 5.58. The average molecular weight is 348 g/mol. The second-order valence-corrected chi connectivity index (χ2v) is 6.47. The van der Waals surface area contributed by atoms with Crippen LogP contribution in [-0.2, 0) is 7.05 Å². The number of aryl methyl sites for hydroxylation is 1. The highest BCUT2D eigenvalue weighted by molar-refractivity contribution is 5.93. The van der Waals surface area contributed by atoms with Crippen molar-refractivity contribution in [3.05, 3.63) is 60.6 Å². The molecule has 0 atom stereocenters. The van der Waals surface area contributed by atoms with Gasteiger partial charge in [-0.15, -0.1) is 0 Å². The van der Waals surface area contributed by atoms with E-state index < -0.39 is 0 Å². The fraction of sp³-hybridized carbons (Fsp3) is 0.316. The average Bonchev–Trinajstić information content (AvgIpc) is 3.14. The van der Waals surface area contributed by atoms with E-state index in [9.17, 15) is 4.79 Å². The summed E-state index contributed by atoms with van der Waals surface area (Å²) in [6.45, 7) is 1.44. The van der Waals surface area contributed by atoms with Crippen LogP contribution in [-0.4, -0.2) is 48.4 Å². The number of nitrogens with zero attached hydrogens (tertiary/aromatic N) is 6. The number of piperidine rings is 1. The smallest absolute Gasteiger partial charge is 0.256 e. The SMILES string of the molecule is Cn1ccnc1C1CCN(C(=O)c2cnc(-c3ccccn3)nc2)CC1. The van der Waals surface area contributed by atoms with Gasteiger partial charge in [0.1, 0.15) is 11.5 Å². The first-order valence-electron chi connectivity index (χ1n) is 8.72. The van der Waals surface area contributed by atoms with Gasteiger partial charge in [0.15, 0.2) is 5.82 Å². The molecule has 1 saturated heterocycles. The second kappa shape index (κ2) is 7.03. The van der Waals surface area contributed by atoms with E-state index in [1.807, 2.05) is 42.5 Å². The molecule has 4 rings (SSSR count). The molecule has 3 aromatic heterocycles. The standard InChI is InChI=1S/C19H20N6O/c1-24-11-8-21-18(24)14-5-9-25(10-6-14)19(26)15-12-22-17(23-13-15)16-4-2-3-7-20-16/h2-4,7-8,11-14H,5-6,9-10H2,1H3. The Labute approximate surface area is 151 Å².